The average molecular weight is 339 g/mol. The van der Waals surface area contributed by atoms with Crippen LogP contribution in [0.1, 0.15) is 18.7 Å². The standard InChI is InChI=1S/C18H21N5O2/c1-12-16(14-8-5-6-9-15(14)25-4)17(22(3)21-12)20-18(24)13(2)23-11-7-10-19-23/h5-11,13H,1-4H3,(H,20,24). The lowest BCUT2D eigenvalue weighted by molar-refractivity contribution is -0.119. The number of aryl methyl sites for hydroxylation is 2. The number of ether oxygens (including phenoxy) is 1. The minimum atomic E-state index is -0.435. The van der Waals surface area contributed by atoms with Crippen molar-refractivity contribution in [3.05, 3.63) is 48.4 Å². The molecule has 1 aromatic carbocycles. The van der Waals surface area contributed by atoms with Gasteiger partial charge in [-0.1, -0.05) is 18.2 Å². The summed E-state index contributed by atoms with van der Waals surface area (Å²) < 4.78 is 8.75. The van der Waals surface area contributed by atoms with E-state index in [1.54, 1.807) is 48.9 Å². The van der Waals surface area contributed by atoms with Crippen LogP contribution in [0.15, 0.2) is 42.7 Å². The van der Waals surface area contributed by atoms with Crippen LogP contribution in [0, 0.1) is 6.92 Å². The average Bonchev–Trinajstić information content (AvgIpc) is 3.23. The van der Waals surface area contributed by atoms with Gasteiger partial charge in [-0.3, -0.25) is 14.2 Å². The first-order valence-electron chi connectivity index (χ1n) is 8.00. The van der Waals surface area contributed by atoms with Crippen LogP contribution in [0.5, 0.6) is 5.75 Å². The van der Waals surface area contributed by atoms with Crippen molar-refractivity contribution in [1.82, 2.24) is 19.6 Å². The first-order chi connectivity index (χ1) is 12.0. The molecule has 0 spiro atoms. The topological polar surface area (TPSA) is 74.0 Å². The minimum Gasteiger partial charge on any atom is -0.496 e. The Bertz CT molecular complexity index is 883. The SMILES string of the molecule is COc1ccccc1-c1c(C)nn(C)c1NC(=O)C(C)n1cccn1. The second-order valence-corrected chi connectivity index (χ2v) is 5.78. The molecular formula is C18H21N5O2. The molecule has 2 heterocycles. The molecule has 0 saturated carbocycles. The van der Waals surface area contributed by atoms with Crippen LogP contribution < -0.4 is 10.1 Å². The summed E-state index contributed by atoms with van der Waals surface area (Å²) in [5.74, 6) is 1.20. The van der Waals surface area contributed by atoms with Crippen LogP contribution in [0.3, 0.4) is 0 Å². The lowest BCUT2D eigenvalue weighted by Crippen LogP contribution is -2.25. The predicted octanol–water partition coefficient (Wildman–Crippen LogP) is 2.80. The first-order valence-corrected chi connectivity index (χ1v) is 8.00. The third-order valence-corrected chi connectivity index (χ3v) is 4.14. The van der Waals surface area contributed by atoms with Crippen molar-refractivity contribution in [2.75, 3.05) is 12.4 Å². The number of hydrogen-bond acceptors (Lipinski definition) is 4. The molecule has 0 aliphatic rings. The lowest BCUT2D eigenvalue weighted by Gasteiger charge is -2.15. The number of aromatic nitrogens is 4. The quantitative estimate of drug-likeness (QED) is 0.776. The van der Waals surface area contributed by atoms with E-state index in [0.29, 0.717) is 5.82 Å². The van der Waals surface area contributed by atoms with E-state index in [1.165, 1.54) is 0 Å². The van der Waals surface area contributed by atoms with Crippen molar-refractivity contribution in [3.8, 4) is 16.9 Å². The Kier molecular flexibility index (Phi) is 4.56. The maximum Gasteiger partial charge on any atom is 0.250 e. The number of nitrogens with one attached hydrogen (secondary N) is 1. The van der Waals surface area contributed by atoms with Gasteiger partial charge < -0.3 is 10.1 Å². The van der Waals surface area contributed by atoms with Gasteiger partial charge >= 0.3 is 0 Å². The van der Waals surface area contributed by atoms with Gasteiger partial charge in [-0.15, -0.1) is 0 Å². The zero-order valence-electron chi connectivity index (χ0n) is 14.7. The van der Waals surface area contributed by atoms with Crippen LogP contribution in [-0.2, 0) is 11.8 Å². The number of hydrogen-bond donors (Lipinski definition) is 1. The van der Waals surface area contributed by atoms with Crippen molar-refractivity contribution in [2.24, 2.45) is 7.05 Å². The van der Waals surface area contributed by atoms with Crippen molar-refractivity contribution in [3.63, 3.8) is 0 Å². The van der Waals surface area contributed by atoms with Crippen molar-refractivity contribution < 1.29 is 9.53 Å². The molecule has 0 saturated heterocycles. The molecular weight excluding hydrogens is 318 g/mol. The van der Waals surface area contributed by atoms with Crippen molar-refractivity contribution in [2.45, 2.75) is 19.9 Å². The number of nitrogens with zero attached hydrogens (tertiary/aromatic N) is 4. The summed E-state index contributed by atoms with van der Waals surface area (Å²) in [5.41, 5.74) is 2.55. The fourth-order valence-electron chi connectivity index (χ4n) is 2.83. The number of amides is 1. The molecule has 1 atom stereocenters. The summed E-state index contributed by atoms with van der Waals surface area (Å²) in [6.45, 7) is 3.71. The Morgan fingerprint density at radius 3 is 2.72 bits per heavy atom. The van der Waals surface area contributed by atoms with Crippen LogP contribution in [0.2, 0.25) is 0 Å². The summed E-state index contributed by atoms with van der Waals surface area (Å²) >= 11 is 0. The predicted molar refractivity (Wildman–Crippen MR) is 95.5 cm³/mol. The Labute approximate surface area is 146 Å². The molecule has 0 aliphatic heterocycles. The molecule has 1 amide bonds. The van der Waals surface area contributed by atoms with Gasteiger partial charge in [0.15, 0.2) is 0 Å². The third-order valence-electron chi connectivity index (χ3n) is 4.14. The van der Waals surface area contributed by atoms with Crippen LogP contribution >= 0.6 is 0 Å². The number of methoxy groups -OCH3 is 1. The molecule has 1 unspecified atom stereocenters. The maximum atomic E-state index is 12.7. The molecule has 2 aromatic heterocycles. The largest absolute Gasteiger partial charge is 0.496 e. The Balaban J connectivity index is 1.99. The van der Waals surface area contributed by atoms with Gasteiger partial charge in [-0.2, -0.15) is 10.2 Å². The minimum absolute atomic E-state index is 0.164. The number of carbonyl (C=O) groups excluding carboxylic acids is 1. The van der Waals surface area contributed by atoms with E-state index in [4.69, 9.17) is 4.74 Å². The highest BCUT2D eigenvalue weighted by molar-refractivity contribution is 5.97. The Morgan fingerprint density at radius 2 is 2.04 bits per heavy atom. The summed E-state index contributed by atoms with van der Waals surface area (Å²) in [7, 11) is 3.43. The highest BCUT2D eigenvalue weighted by Crippen LogP contribution is 2.37. The van der Waals surface area contributed by atoms with Gasteiger partial charge in [0.05, 0.1) is 18.4 Å². The second kappa shape index (κ2) is 6.80. The van der Waals surface area contributed by atoms with Crippen LogP contribution in [0.25, 0.3) is 11.1 Å². The van der Waals surface area contributed by atoms with E-state index in [2.05, 4.69) is 15.5 Å². The van der Waals surface area contributed by atoms with Gasteiger partial charge in [0.2, 0.25) is 5.91 Å². The molecule has 7 heteroatoms. The zero-order valence-corrected chi connectivity index (χ0v) is 14.7. The van der Waals surface area contributed by atoms with E-state index >= 15 is 0 Å². The molecule has 3 rings (SSSR count). The fraction of sp³-hybridized carbons (Fsp3) is 0.278. The molecule has 1 N–H and O–H groups in total. The van der Waals surface area contributed by atoms with Gasteiger partial charge in [-0.25, -0.2) is 0 Å². The second-order valence-electron chi connectivity index (χ2n) is 5.78. The van der Waals surface area contributed by atoms with Gasteiger partial charge in [0.1, 0.15) is 17.6 Å². The lowest BCUT2D eigenvalue weighted by atomic mass is 10.0. The smallest absolute Gasteiger partial charge is 0.250 e. The maximum absolute atomic E-state index is 12.7. The molecule has 25 heavy (non-hydrogen) atoms. The number of rotatable bonds is 5. The van der Waals surface area contributed by atoms with Crippen LogP contribution in [-0.4, -0.2) is 32.6 Å². The van der Waals surface area contributed by atoms with E-state index in [0.717, 1.165) is 22.6 Å². The zero-order chi connectivity index (χ0) is 18.0. The van der Waals surface area contributed by atoms with E-state index < -0.39 is 6.04 Å². The van der Waals surface area contributed by atoms with E-state index in [-0.39, 0.29) is 5.91 Å². The third kappa shape index (κ3) is 3.13. The number of anilines is 1. The molecule has 130 valence electrons. The molecule has 3 aromatic rings. The van der Waals surface area contributed by atoms with E-state index in [9.17, 15) is 4.79 Å². The van der Waals surface area contributed by atoms with Gasteiger partial charge in [0, 0.05) is 25.0 Å². The summed E-state index contributed by atoms with van der Waals surface area (Å²) in [4.78, 5) is 12.7. The first kappa shape index (κ1) is 16.8. The molecule has 0 radical (unpaired) electrons. The highest BCUT2D eigenvalue weighted by atomic mass is 16.5. The normalized spacial score (nSPS) is 12.0. The van der Waals surface area contributed by atoms with Crippen molar-refractivity contribution in [1.29, 1.82) is 0 Å². The molecule has 0 aliphatic carbocycles. The number of carbonyl (C=O) groups is 1. The number of benzene rings is 1. The fourth-order valence-corrected chi connectivity index (χ4v) is 2.83. The van der Waals surface area contributed by atoms with E-state index in [1.807, 2.05) is 31.2 Å². The van der Waals surface area contributed by atoms with Gasteiger partial charge in [-0.05, 0) is 26.0 Å². The monoisotopic (exact) mass is 339 g/mol. The molecule has 0 bridgehead atoms. The van der Waals surface area contributed by atoms with Crippen LogP contribution in [0.4, 0.5) is 5.82 Å². The summed E-state index contributed by atoms with van der Waals surface area (Å²) in [6, 6.07) is 9.04. The molecule has 0 fully saturated rings. The molecule has 7 nitrogen and oxygen atoms in total. The highest BCUT2D eigenvalue weighted by Gasteiger charge is 2.22. The van der Waals surface area contributed by atoms with Crippen molar-refractivity contribution >= 4 is 11.7 Å². The number of para-hydroxylation sites is 1. The summed E-state index contributed by atoms with van der Waals surface area (Å²) in [5, 5.41) is 11.6. The summed E-state index contributed by atoms with van der Waals surface area (Å²) in [6.07, 6.45) is 3.41. The Morgan fingerprint density at radius 1 is 1.28 bits per heavy atom. The van der Waals surface area contributed by atoms with Gasteiger partial charge in [0.25, 0.3) is 0 Å². The Hall–Kier alpha value is -3.09.